The normalized spacial score (nSPS) is 10.4. The van der Waals surface area contributed by atoms with Crippen LogP contribution in [0.15, 0.2) is 0 Å². The molecule has 66 valence electrons. The third-order valence-corrected chi connectivity index (χ3v) is 1.78. The van der Waals surface area contributed by atoms with Crippen LogP contribution in [0.2, 0.25) is 0 Å². The molecule has 0 bridgehead atoms. The average molecular weight is 198 g/mol. The Morgan fingerprint density at radius 3 is 1.50 bits per heavy atom. The van der Waals surface area contributed by atoms with Gasteiger partial charge in [-0.15, -0.1) is 0 Å². The lowest BCUT2D eigenvalue weighted by Crippen LogP contribution is -2.10. The Hall–Kier alpha value is -0.830. The highest BCUT2D eigenvalue weighted by molar-refractivity contribution is 7.27. The van der Waals surface area contributed by atoms with Crippen LogP contribution in [0.3, 0.4) is 0 Å². The molecule has 1 atom stereocenters. The number of aromatic hydroxyl groups is 1. The zero-order chi connectivity index (χ0) is 9.46. The molecule has 1 aromatic rings. The SMILES string of the molecule is Oc1c(F)c(F)c(P)c(F)c1F. The minimum absolute atomic E-state index is 0.872. The van der Waals surface area contributed by atoms with Crippen molar-refractivity contribution in [2.45, 2.75) is 0 Å². The van der Waals surface area contributed by atoms with Crippen LogP contribution < -0.4 is 5.30 Å². The summed E-state index contributed by atoms with van der Waals surface area (Å²) in [5.41, 5.74) is 0. The van der Waals surface area contributed by atoms with Crippen molar-refractivity contribution in [1.29, 1.82) is 0 Å². The lowest BCUT2D eigenvalue weighted by atomic mass is 10.3. The summed E-state index contributed by atoms with van der Waals surface area (Å²) in [6.07, 6.45) is 0. The van der Waals surface area contributed by atoms with E-state index in [1.54, 1.807) is 0 Å². The van der Waals surface area contributed by atoms with Crippen LogP contribution in [0.4, 0.5) is 17.6 Å². The Balaban J connectivity index is 3.60. The molecule has 1 nitrogen and oxygen atoms in total. The molecule has 0 amide bonds. The van der Waals surface area contributed by atoms with E-state index in [-0.39, 0.29) is 0 Å². The second-order valence-electron chi connectivity index (χ2n) is 2.02. The highest BCUT2D eigenvalue weighted by Crippen LogP contribution is 2.24. The van der Waals surface area contributed by atoms with Gasteiger partial charge in [-0.1, -0.05) is 9.24 Å². The molecule has 0 fully saturated rings. The van der Waals surface area contributed by atoms with E-state index >= 15 is 0 Å². The van der Waals surface area contributed by atoms with Crippen molar-refractivity contribution < 1.29 is 22.7 Å². The monoisotopic (exact) mass is 198 g/mol. The number of hydrogen-bond donors (Lipinski definition) is 1. The maximum absolute atomic E-state index is 12.5. The summed E-state index contributed by atoms with van der Waals surface area (Å²) in [6.45, 7) is 0. The molecule has 12 heavy (non-hydrogen) atoms. The number of rotatable bonds is 0. The molecule has 1 unspecified atom stereocenters. The molecule has 0 saturated heterocycles. The van der Waals surface area contributed by atoms with Gasteiger partial charge >= 0.3 is 0 Å². The van der Waals surface area contributed by atoms with Gasteiger partial charge < -0.3 is 5.11 Å². The average Bonchev–Trinajstić information content (AvgIpc) is 2.08. The van der Waals surface area contributed by atoms with Gasteiger partial charge in [0.25, 0.3) is 0 Å². The topological polar surface area (TPSA) is 20.2 Å². The van der Waals surface area contributed by atoms with Crippen LogP contribution >= 0.6 is 9.24 Å². The van der Waals surface area contributed by atoms with Crippen LogP contribution in [0.5, 0.6) is 5.75 Å². The predicted octanol–water partition coefficient (Wildman–Crippen LogP) is 1.45. The zero-order valence-corrected chi connectivity index (χ0v) is 6.69. The van der Waals surface area contributed by atoms with E-state index in [1.807, 2.05) is 0 Å². The number of halogens is 4. The van der Waals surface area contributed by atoms with Gasteiger partial charge in [-0.25, -0.2) is 8.78 Å². The smallest absolute Gasteiger partial charge is 0.204 e. The largest absolute Gasteiger partial charge is 0.503 e. The van der Waals surface area contributed by atoms with Gasteiger partial charge in [0.1, 0.15) is 0 Å². The van der Waals surface area contributed by atoms with Gasteiger partial charge in [-0.2, -0.15) is 8.78 Å². The van der Waals surface area contributed by atoms with Crippen molar-refractivity contribution in [3.8, 4) is 5.75 Å². The first kappa shape index (κ1) is 9.26. The Kier molecular flexibility index (Phi) is 2.24. The standard InChI is InChI=1S/C6H3F4OP/c7-1-3(9)6(12)4(10)2(8)5(1)11/h11H,12H2. The van der Waals surface area contributed by atoms with Gasteiger partial charge in [0.15, 0.2) is 17.4 Å². The molecule has 0 aliphatic rings. The van der Waals surface area contributed by atoms with Crippen molar-refractivity contribution in [2.24, 2.45) is 0 Å². The quantitative estimate of drug-likeness (QED) is 0.380. The fourth-order valence-electron chi connectivity index (χ4n) is 0.637. The summed E-state index contributed by atoms with van der Waals surface area (Å²) < 4.78 is 49.7. The van der Waals surface area contributed by atoms with Crippen molar-refractivity contribution in [1.82, 2.24) is 0 Å². The van der Waals surface area contributed by atoms with Gasteiger partial charge in [0, 0.05) is 5.30 Å². The molecule has 1 aromatic carbocycles. The van der Waals surface area contributed by atoms with E-state index in [1.165, 1.54) is 9.24 Å². The lowest BCUT2D eigenvalue weighted by Gasteiger charge is -2.03. The first-order valence-electron chi connectivity index (χ1n) is 2.77. The fourth-order valence-corrected chi connectivity index (χ4v) is 0.891. The molecular formula is C6H3F4OP. The lowest BCUT2D eigenvalue weighted by molar-refractivity contribution is 0.360. The van der Waals surface area contributed by atoms with Gasteiger partial charge in [0.05, 0.1) is 0 Å². The van der Waals surface area contributed by atoms with E-state index in [0.717, 1.165) is 0 Å². The maximum atomic E-state index is 12.5. The molecule has 0 radical (unpaired) electrons. The summed E-state index contributed by atoms with van der Waals surface area (Å²) in [5.74, 6) is -8.46. The Morgan fingerprint density at radius 1 is 0.833 bits per heavy atom. The highest BCUT2D eigenvalue weighted by atomic mass is 31.0. The molecule has 6 heteroatoms. The molecule has 1 N–H and O–H groups in total. The van der Waals surface area contributed by atoms with Gasteiger partial charge in [0.2, 0.25) is 11.6 Å². The third kappa shape index (κ3) is 1.14. The van der Waals surface area contributed by atoms with Crippen LogP contribution in [-0.2, 0) is 0 Å². The van der Waals surface area contributed by atoms with Crippen LogP contribution in [-0.4, -0.2) is 5.11 Å². The molecule has 0 aliphatic carbocycles. The van der Waals surface area contributed by atoms with E-state index < -0.39 is 34.3 Å². The molecule has 0 aliphatic heterocycles. The molecular weight excluding hydrogens is 195 g/mol. The molecule has 0 saturated carbocycles. The van der Waals surface area contributed by atoms with Crippen molar-refractivity contribution >= 4 is 14.5 Å². The number of phenolic OH excluding ortho intramolecular Hbond substituents is 1. The third-order valence-electron chi connectivity index (χ3n) is 1.27. The summed E-state index contributed by atoms with van der Waals surface area (Å²) in [5, 5.41) is 7.58. The predicted molar refractivity (Wildman–Crippen MR) is 37.3 cm³/mol. The van der Waals surface area contributed by atoms with Crippen molar-refractivity contribution in [3.63, 3.8) is 0 Å². The fraction of sp³-hybridized carbons (Fsp3) is 0. The van der Waals surface area contributed by atoms with E-state index in [2.05, 4.69) is 0 Å². The van der Waals surface area contributed by atoms with Crippen LogP contribution in [0.25, 0.3) is 0 Å². The summed E-state index contributed by atoms with van der Waals surface area (Å²) in [4.78, 5) is 0. The van der Waals surface area contributed by atoms with Crippen LogP contribution in [0, 0.1) is 23.3 Å². The maximum Gasteiger partial charge on any atom is 0.204 e. The first-order chi connectivity index (χ1) is 5.46. The summed E-state index contributed by atoms with van der Waals surface area (Å²) >= 11 is 0. The Morgan fingerprint density at radius 2 is 1.17 bits per heavy atom. The second kappa shape index (κ2) is 2.90. The number of benzene rings is 1. The first-order valence-corrected chi connectivity index (χ1v) is 3.35. The Bertz CT molecular complexity index is 234. The Labute approximate surface area is 67.2 Å². The van der Waals surface area contributed by atoms with E-state index in [9.17, 15) is 17.6 Å². The minimum Gasteiger partial charge on any atom is -0.503 e. The van der Waals surface area contributed by atoms with E-state index in [0.29, 0.717) is 0 Å². The van der Waals surface area contributed by atoms with Gasteiger partial charge in [-0.3, -0.25) is 0 Å². The molecule has 0 heterocycles. The van der Waals surface area contributed by atoms with Crippen LogP contribution in [0.1, 0.15) is 0 Å². The van der Waals surface area contributed by atoms with Gasteiger partial charge in [-0.05, 0) is 0 Å². The second-order valence-corrected chi connectivity index (χ2v) is 2.60. The number of phenols is 1. The van der Waals surface area contributed by atoms with Crippen molar-refractivity contribution in [2.75, 3.05) is 0 Å². The van der Waals surface area contributed by atoms with Crippen molar-refractivity contribution in [3.05, 3.63) is 23.3 Å². The number of hydrogen-bond acceptors (Lipinski definition) is 1. The summed E-state index contributed by atoms with van der Waals surface area (Å²) in [7, 11) is 1.49. The molecule has 0 aromatic heterocycles. The van der Waals surface area contributed by atoms with E-state index in [4.69, 9.17) is 5.11 Å². The minimum atomic E-state index is -1.79. The molecule has 1 rings (SSSR count). The zero-order valence-electron chi connectivity index (χ0n) is 5.54. The summed E-state index contributed by atoms with van der Waals surface area (Å²) in [6, 6.07) is 0. The highest BCUT2D eigenvalue weighted by Gasteiger charge is 2.22. The molecule has 0 spiro atoms.